The lowest BCUT2D eigenvalue weighted by Gasteiger charge is -2.15. The van der Waals surface area contributed by atoms with Gasteiger partial charge < -0.3 is 9.30 Å². The van der Waals surface area contributed by atoms with Crippen LogP contribution in [0.3, 0.4) is 0 Å². The fourth-order valence-corrected chi connectivity index (χ4v) is 4.46. The monoisotopic (exact) mass is 462 g/mol. The molecule has 170 valence electrons. The smallest absolute Gasteiger partial charge is 0.259 e. The molecule has 0 N–H and O–H groups in total. The summed E-state index contributed by atoms with van der Waals surface area (Å²) in [7, 11) is 0. The summed E-state index contributed by atoms with van der Waals surface area (Å²) in [6, 6.07) is 17.3. The Morgan fingerprint density at radius 1 is 1.03 bits per heavy atom. The van der Waals surface area contributed by atoms with E-state index in [2.05, 4.69) is 21.6 Å². The zero-order valence-corrected chi connectivity index (χ0v) is 19.5. The average molecular weight is 463 g/mol. The standard InChI is InChI=1S/C26H27ClN4O2/c1-19-16-25(32)31-18-24(21-6-8-22(27)9-7-21)28-26(31)30(19)17-20-4-10-23(11-5-20)33-15-14-29-12-2-3-13-29/h4-11,16,18H,2-3,12-15,17H2,1H3. The molecule has 5 rings (SSSR count). The van der Waals surface area contributed by atoms with Gasteiger partial charge in [-0.15, -0.1) is 0 Å². The maximum Gasteiger partial charge on any atom is 0.259 e. The average Bonchev–Trinajstić information content (AvgIpc) is 3.49. The van der Waals surface area contributed by atoms with Crippen molar-refractivity contribution >= 4 is 17.4 Å². The van der Waals surface area contributed by atoms with Crippen molar-refractivity contribution in [1.29, 1.82) is 0 Å². The van der Waals surface area contributed by atoms with Crippen molar-refractivity contribution in [3.05, 3.63) is 87.4 Å². The Balaban J connectivity index is 1.35. The molecule has 1 saturated heterocycles. The van der Waals surface area contributed by atoms with Gasteiger partial charge in [0.05, 0.1) is 12.2 Å². The van der Waals surface area contributed by atoms with Gasteiger partial charge in [-0.2, -0.15) is 0 Å². The minimum atomic E-state index is -0.0896. The maximum absolute atomic E-state index is 12.6. The fourth-order valence-electron chi connectivity index (χ4n) is 4.33. The van der Waals surface area contributed by atoms with Gasteiger partial charge in [0.15, 0.2) is 0 Å². The number of hydrogen-bond donors (Lipinski definition) is 0. The van der Waals surface area contributed by atoms with Crippen molar-refractivity contribution in [3.63, 3.8) is 0 Å². The summed E-state index contributed by atoms with van der Waals surface area (Å²) in [5.41, 5.74) is 3.55. The molecule has 0 radical (unpaired) electrons. The van der Waals surface area contributed by atoms with E-state index in [9.17, 15) is 4.79 Å². The third-order valence-electron chi connectivity index (χ3n) is 6.20. The molecular formula is C26H27ClN4O2. The molecular weight excluding hydrogens is 436 g/mol. The van der Waals surface area contributed by atoms with Gasteiger partial charge in [-0.3, -0.25) is 14.1 Å². The first-order chi connectivity index (χ1) is 16.1. The molecule has 4 aromatic rings. The van der Waals surface area contributed by atoms with Crippen LogP contribution in [0.4, 0.5) is 0 Å². The molecule has 2 aromatic carbocycles. The fraction of sp³-hybridized carbons (Fsp3) is 0.308. The van der Waals surface area contributed by atoms with Crippen molar-refractivity contribution in [2.75, 3.05) is 26.2 Å². The molecule has 0 atom stereocenters. The topological polar surface area (TPSA) is 51.8 Å². The van der Waals surface area contributed by atoms with E-state index in [1.165, 1.54) is 25.9 Å². The van der Waals surface area contributed by atoms with E-state index < -0.39 is 0 Å². The molecule has 1 aliphatic rings. The van der Waals surface area contributed by atoms with Gasteiger partial charge in [0.1, 0.15) is 12.4 Å². The number of nitrogens with zero attached hydrogens (tertiary/aromatic N) is 4. The Morgan fingerprint density at radius 2 is 1.76 bits per heavy atom. The Bertz CT molecular complexity index is 1300. The van der Waals surface area contributed by atoms with E-state index in [0.717, 1.165) is 34.8 Å². The molecule has 0 unspecified atom stereocenters. The quantitative estimate of drug-likeness (QED) is 0.401. The number of halogens is 1. The van der Waals surface area contributed by atoms with Crippen LogP contribution in [0, 0.1) is 6.92 Å². The van der Waals surface area contributed by atoms with Crippen LogP contribution in [-0.4, -0.2) is 45.1 Å². The number of rotatable bonds is 7. The second kappa shape index (κ2) is 9.41. The number of fused-ring (bicyclic) bond motifs is 1. The minimum absolute atomic E-state index is 0.0896. The van der Waals surface area contributed by atoms with Crippen LogP contribution in [0.5, 0.6) is 5.75 Å². The molecule has 6 nitrogen and oxygen atoms in total. The third-order valence-corrected chi connectivity index (χ3v) is 6.46. The molecule has 1 fully saturated rings. The summed E-state index contributed by atoms with van der Waals surface area (Å²) < 4.78 is 9.59. The van der Waals surface area contributed by atoms with Crippen LogP contribution >= 0.6 is 11.6 Å². The van der Waals surface area contributed by atoms with Gasteiger partial charge in [-0.05, 0) is 62.7 Å². The Labute approximate surface area is 198 Å². The summed E-state index contributed by atoms with van der Waals surface area (Å²) in [6.07, 6.45) is 4.38. The second-order valence-electron chi connectivity index (χ2n) is 8.55. The Hall–Kier alpha value is -3.09. The molecule has 0 bridgehead atoms. The van der Waals surface area contributed by atoms with Crippen molar-refractivity contribution in [1.82, 2.24) is 18.9 Å². The van der Waals surface area contributed by atoms with Gasteiger partial charge in [-0.1, -0.05) is 35.9 Å². The molecule has 0 aliphatic carbocycles. The number of aromatic nitrogens is 3. The van der Waals surface area contributed by atoms with E-state index in [0.29, 0.717) is 24.0 Å². The highest BCUT2D eigenvalue weighted by molar-refractivity contribution is 6.30. The minimum Gasteiger partial charge on any atom is -0.492 e. The summed E-state index contributed by atoms with van der Waals surface area (Å²) in [6.45, 7) is 6.60. The van der Waals surface area contributed by atoms with Gasteiger partial charge in [-0.25, -0.2) is 4.98 Å². The van der Waals surface area contributed by atoms with Crippen LogP contribution < -0.4 is 10.3 Å². The normalized spacial score (nSPS) is 14.2. The number of benzene rings is 2. The van der Waals surface area contributed by atoms with E-state index in [-0.39, 0.29) is 5.56 Å². The van der Waals surface area contributed by atoms with Gasteiger partial charge in [0, 0.05) is 35.1 Å². The molecule has 0 saturated carbocycles. The van der Waals surface area contributed by atoms with Crippen molar-refractivity contribution in [2.45, 2.75) is 26.3 Å². The molecule has 2 aromatic heterocycles. The molecule has 3 heterocycles. The lowest BCUT2D eigenvalue weighted by atomic mass is 10.2. The van der Waals surface area contributed by atoms with E-state index in [4.69, 9.17) is 21.3 Å². The molecule has 1 aliphatic heterocycles. The third kappa shape index (κ3) is 4.82. The SMILES string of the molecule is Cc1cc(=O)n2cc(-c3ccc(Cl)cc3)nc2n1Cc1ccc(OCCN2CCCC2)cc1. The molecule has 0 spiro atoms. The van der Waals surface area contributed by atoms with Crippen LogP contribution in [-0.2, 0) is 6.54 Å². The van der Waals surface area contributed by atoms with Gasteiger partial charge in [0.2, 0.25) is 5.78 Å². The zero-order chi connectivity index (χ0) is 22.8. The van der Waals surface area contributed by atoms with Crippen molar-refractivity contribution < 1.29 is 4.74 Å². The van der Waals surface area contributed by atoms with Crippen LogP contribution in [0.1, 0.15) is 24.1 Å². The highest BCUT2D eigenvalue weighted by Gasteiger charge is 2.13. The zero-order valence-electron chi connectivity index (χ0n) is 18.7. The largest absolute Gasteiger partial charge is 0.492 e. The lowest BCUT2D eigenvalue weighted by Crippen LogP contribution is -2.25. The van der Waals surface area contributed by atoms with E-state index in [1.54, 1.807) is 16.7 Å². The number of likely N-dealkylation sites (tertiary alicyclic amines) is 1. The van der Waals surface area contributed by atoms with Gasteiger partial charge >= 0.3 is 0 Å². The van der Waals surface area contributed by atoms with Crippen LogP contribution in [0.15, 0.2) is 65.6 Å². The first-order valence-electron chi connectivity index (χ1n) is 11.4. The number of imidazole rings is 1. The highest BCUT2D eigenvalue weighted by atomic mass is 35.5. The Kier molecular flexibility index (Phi) is 6.20. The highest BCUT2D eigenvalue weighted by Crippen LogP contribution is 2.22. The van der Waals surface area contributed by atoms with Crippen LogP contribution in [0.25, 0.3) is 17.0 Å². The van der Waals surface area contributed by atoms with Crippen LogP contribution in [0.2, 0.25) is 5.02 Å². The summed E-state index contributed by atoms with van der Waals surface area (Å²) in [5.74, 6) is 1.50. The van der Waals surface area contributed by atoms with Crippen molar-refractivity contribution in [2.24, 2.45) is 0 Å². The number of aryl methyl sites for hydroxylation is 1. The van der Waals surface area contributed by atoms with E-state index in [1.807, 2.05) is 43.3 Å². The van der Waals surface area contributed by atoms with Crippen molar-refractivity contribution in [3.8, 4) is 17.0 Å². The molecule has 0 amide bonds. The first kappa shape index (κ1) is 21.7. The summed E-state index contributed by atoms with van der Waals surface area (Å²) in [5, 5.41) is 0.668. The molecule has 7 heteroatoms. The summed E-state index contributed by atoms with van der Waals surface area (Å²) >= 11 is 6.02. The Morgan fingerprint density at radius 3 is 2.48 bits per heavy atom. The predicted molar refractivity (Wildman–Crippen MR) is 131 cm³/mol. The maximum atomic E-state index is 12.6. The number of ether oxygens (including phenoxy) is 1. The summed E-state index contributed by atoms with van der Waals surface area (Å²) in [4.78, 5) is 19.8. The second-order valence-corrected chi connectivity index (χ2v) is 8.99. The first-order valence-corrected chi connectivity index (χ1v) is 11.7. The van der Waals surface area contributed by atoms with E-state index >= 15 is 0 Å². The predicted octanol–water partition coefficient (Wildman–Crippen LogP) is 4.65. The molecule has 33 heavy (non-hydrogen) atoms. The lowest BCUT2D eigenvalue weighted by molar-refractivity contribution is 0.238. The van der Waals surface area contributed by atoms with Gasteiger partial charge in [0.25, 0.3) is 5.56 Å². The number of hydrogen-bond acceptors (Lipinski definition) is 4.